The largest absolute Gasteiger partial charge is 0.481 e. The smallest absolute Gasteiger partial charge is 0.386 e. The van der Waals surface area contributed by atoms with Gasteiger partial charge in [0.05, 0.1) is 12.4 Å². The van der Waals surface area contributed by atoms with E-state index in [0.29, 0.717) is 0 Å². The second-order valence-corrected chi connectivity index (χ2v) is 8.20. The van der Waals surface area contributed by atoms with Crippen LogP contribution in [0.3, 0.4) is 0 Å². The lowest BCUT2D eigenvalue weighted by molar-refractivity contribution is -0.0299. The first-order chi connectivity index (χ1) is 12.0. The number of ether oxygens (including phenoxy) is 1. The molecule has 1 aliphatic heterocycles. The maximum absolute atomic E-state index is 11.7. The van der Waals surface area contributed by atoms with Gasteiger partial charge in [0, 0.05) is 0 Å². The minimum absolute atomic E-state index is 0.108. The summed E-state index contributed by atoms with van der Waals surface area (Å²) in [5.41, 5.74) is 6.19. The molecule has 16 heteroatoms. The minimum Gasteiger partial charge on any atom is -0.386 e. The van der Waals surface area contributed by atoms with Gasteiger partial charge in [-0.25, -0.2) is 24.1 Å². The Bertz CT molecular complexity index is 915. The number of nitrogens with zero attached hydrogens (tertiary/aromatic N) is 4. The Morgan fingerprint density at radius 2 is 1.96 bits per heavy atom. The van der Waals surface area contributed by atoms with E-state index in [9.17, 15) is 19.1 Å². The number of aliphatic hydroxyl groups excluding tert-OH is 1. The van der Waals surface area contributed by atoms with E-state index >= 15 is 0 Å². The highest BCUT2D eigenvalue weighted by Crippen LogP contribution is 2.59. The number of nitrogen functional groups attached to an aromatic ring is 1. The van der Waals surface area contributed by atoms with Gasteiger partial charge in [-0.3, -0.25) is 9.09 Å². The van der Waals surface area contributed by atoms with E-state index in [0.717, 1.165) is 0 Å². The lowest BCUT2D eigenvalue weighted by atomic mass is 10.1. The number of aromatic nitrogens is 4. The summed E-state index contributed by atoms with van der Waals surface area (Å²) < 4.78 is 37.7. The van der Waals surface area contributed by atoms with Crippen LogP contribution in [0.2, 0.25) is 0 Å². The number of hydrogen-bond acceptors (Lipinski definition) is 10. The highest BCUT2D eigenvalue weighted by molar-refractivity contribution is 7.60. The Balaban J connectivity index is 1.86. The van der Waals surface area contributed by atoms with Gasteiger partial charge in [-0.2, -0.15) is 4.31 Å². The van der Waals surface area contributed by atoms with Crippen LogP contribution in [-0.2, 0) is 22.7 Å². The van der Waals surface area contributed by atoms with Gasteiger partial charge in [0.1, 0.15) is 24.1 Å². The van der Waals surface area contributed by atoms with Gasteiger partial charge in [0.25, 0.3) is 0 Å². The number of aliphatic hydroxyl groups is 1. The summed E-state index contributed by atoms with van der Waals surface area (Å²) >= 11 is 0. The third kappa shape index (κ3) is 3.78. The molecule has 0 amide bonds. The first-order valence-corrected chi connectivity index (χ1v) is 10.1. The van der Waals surface area contributed by atoms with E-state index in [-0.39, 0.29) is 17.0 Å². The lowest BCUT2D eigenvalue weighted by Crippen LogP contribution is -2.32. The fourth-order valence-corrected chi connectivity index (χ4v) is 4.39. The molecule has 2 aromatic rings. The summed E-state index contributed by atoms with van der Waals surface area (Å²) in [6, 6.07) is 0. The van der Waals surface area contributed by atoms with Crippen LogP contribution < -0.4 is 5.73 Å². The predicted molar refractivity (Wildman–Crippen MR) is 83.2 cm³/mol. The molecule has 1 aliphatic rings. The van der Waals surface area contributed by atoms with Gasteiger partial charge in [-0.1, -0.05) is 0 Å². The number of fused-ring (bicyclic) bond motifs is 1. The summed E-state index contributed by atoms with van der Waals surface area (Å²) in [5, 5.41) is 10.4. The first-order valence-electron chi connectivity index (χ1n) is 7.03. The number of imidazole rings is 1. The molecule has 14 nitrogen and oxygen atoms in total. The lowest BCUT2D eigenvalue weighted by Gasteiger charge is -2.21. The predicted octanol–water partition coefficient (Wildman–Crippen LogP) is -0.718. The Kier molecular flexibility index (Phi) is 4.90. The van der Waals surface area contributed by atoms with Crippen molar-refractivity contribution in [1.82, 2.24) is 19.5 Å². The van der Waals surface area contributed by atoms with Crippen molar-refractivity contribution in [3.63, 3.8) is 0 Å². The van der Waals surface area contributed by atoms with Crippen molar-refractivity contribution in [2.75, 3.05) is 5.73 Å². The molecule has 1 saturated heterocycles. The highest BCUT2D eigenvalue weighted by atomic mass is 31.3. The first kappa shape index (κ1) is 19.3. The monoisotopic (exact) mass is 411 g/mol. The molecule has 3 heterocycles. The van der Waals surface area contributed by atoms with E-state index in [1.54, 1.807) is 0 Å². The van der Waals surface area contributed by atoms with E-state index in [1.165, 1.54) is 24.1 Å². The SMILES string of the molecule is C[C@H]1O[C@@H](n2cnc3c(N)ncnc32)[C@H](O)[C@@H]1OP(=O)(O)OP(=O)(O)O. The molecular formula is C10H15N5O9P2. The molecule has 6 N–H and O–H groups in total. The van der Waals surface area contributed by atoms with Crippen molar-refractivity contribution in [1.29, 1.82) is 0 Å². The third-order valence-corrected chi connectivity index (χ3v) is 5.76. The molecule has 1 fully saturated rings. The van der Waals surface area contributed by atoms with Gasteiger partial charge >= 0.3 is 15.6 Å². The molecule has 1 unspecified atom stereocenters. The van der Waals surface area contributed by atoms with Gasteiger partial charge in [0.15, 0.2) is 17.7 Å². The van der Waals surface area contributed by atoms with E-state index in [2.05, 4.69) is 19.3 Å². The molecule has 0 saturated carbocycles. The fourth-order valence-electron chi connectivity index (χ4n) is 2.56. The molecule has 0 radical (unpaired) electrons. The van der Waals surface area contributed by atoms with Crippen LogP contribution >= 0.6 is 15.6 Å². The summed E-state index contributed by atoms with van der Waals surface area (Å²) in [5.74, 6) is 0.108. The molecule has 0 aromatic carbocycles. The molecule has 0 aliphatic carbocycles. The molecule has 26 heavy (non-hydrogen) atoms. The molecule has 2 aromatic heterocycles. The summed E-state index contributed by atoms with van der Waals surface area (Å²) in [4.78, 5) is 38.6. The molecule has 0 spiro atoms. The average Bonchev–Trinajstić information content (AvgIpc) is 3.02. The minimum atomic E-state index is -5.29. The normalized spacial score (nSPS) is 29.1. The zero-order chi connectivity index (χ0) is 19.3. The second-order valence-electron chi connectivity index (χ2n) is 5.42. The molecule has 144 valence electrons. The Morgan fingerprint density at radius 3 is 2.62 bits per heavy atom. The maximum atomic E-state index is 11.7. The van der Waals surface area contributed by atoms with E-state index in [4.69, 9.17) is 24.8 Å². The van der Waals surface area contributed by atoms with Crippen molar-refractivity contribution < 1.29 is 42.5 Å². The third-order valence-electron chi connectivity index (χ3n) is 3.57. The van der Waals surface area contributed by atoms with Crippen molar-refractivity contribution in [2.45, 2.75) is 31.5 Å². The van der Waals surface area contributed by atoms with Crippen LogP contribution in [-0.4, -0.2) is 57.6 Å². The van der Waals surface area contributed by atoms with Crippen molar-refractivity contribution in [3.05, 3.63) is 12.7 Å². The van der Waals surface area contributed by atoms with E-state index in [1.807, 2.05) is 0 Å². The standard InChI is InChI=1S/C10H15N5O9P2/c1-4-7(23-26(20,21)24-25(17,18)19)6(16)10(22-4)15-3-14-5-8(11)12-2-13-9(5)15/h2-4,6-7,10,16H,1H3,(H,20,21)(H2,11,12,13)(H2,17,18,19)/t4-,6-,7-,10-/m1/s1. The molecule has 5 atom stereocenters. The Hall–Kier alpha value is -1.47. The van der Waals surface area contributed by atoms with Crippen LogP contribution in [0.25, 0.3) is 11.2 Å². The highest BCUT2D eigenvalue weighted by Gasteiger charge is 2.48. The second kappa shape index (κ2) is 6.60. The van der Waals surface area contributed by atoms with Crippen LogP contribution in [0.5, 0.6) is 0 Å². The number of hydrogen-bond donors (Lipinski definition) is 5. The van der Waals surface area contributed by atoms with Gasteiger partial charge < -0.3 is 30.3 Å². The maximum Gasteiger partial charge on any atom is 0.481 e. The molecule has 0 bridgehead atoms. The zero-order valence-corrected chi connectivity index (χ0v) is 14.8. The van der Waals surface area contributed by atoms with Crippen LogP contribution in [0, 0.1) is 0 Å². The number of phosphoric acid groups is 2. The van der Waals surface area contributed by atoms with Gasteiger partial charge in [-0.15, -0.1) is 0 Å². The number of nitrogens with two attached hydrogens (primary N) is 1. The number of rotatable bonds is 5. The summed E-state index contributed by atoms with van der Waals surface area (Å²) in [7, 11) is -10.5. The van der Waals surface area contributed by atoms with Crippen molar-refractivity contribution in [2.24, 2.45) is 0 Å². The van der Waals surface area contributed by atoms with E-state index < -0.39 is 40.2 Å². The summed E-state index contributed by atoms with van der Waals surface area (Å²) in [6.07, 6.45) is -2.54. The molecular weight excluding hydrogens is 396 g/mol. The van der Waals surface area contributed by atoms with Gasteiger partial charge in [-0.05, 0) is 6.92 Å². The Labute approximate surface area is 145 Å². The molecule has 3 rings (SSSR count). The number of phosphoric ester groups is 1. The van der Waals surface area contributed by atoms with Crippen LogP contribution in [0.1, 0.15) is 13.2 Å². The fraction of sp³-hybridized carbons (Fsp3) is 0.500. The van der Waals surface area contributed by atoms with Gasteiger partial charge in [0.2, 0.25) is 0 Å². The quantitative estimate of drug-likeness (QED) is 0.385. The topological polar surface area (TPSA) is 212 Å². The number of anilines is 1. The van der Waals surface area contributed by atoms with Crippen LogP contribution in [0.15, 0.2) is 12.7 Å². The Morgan fingerprint density at radius 1 is 1.27 bits per heavy atom. The van der Waals surface area contributed by atoms with Crippen LogP contribution in [0.4, 0.5) is 5.82 Å². The van der Waals surface area contributed by atoms with Crippen molar-refractivity contribution in [3.8, 4) is 0 Å². The zero-order valence-electron chi connectivity index (χ0n) is 13.1. The average molecular weight is 411 g/mol. The van der Waals surface area contributed by atoms with Crippen molar-refractivity contribution >= 4 is 32.6 Å². The summed E-state index contributed by atoms with van der Waals surface area (Å²) in [6.45, 7) is 1.42.